The zero-order chi connectivity index (χ0) is 21.7. The number of aliphatic hydroxyl groups is 1. The van der Waals surface area contributed by atoms with E-state index in [-0.39, 0.29) is 35.2 Å². The first-order valence-corrected chi connectivity index (χ1v) is 9.99. The van der Waals surface area contributed by atoms with Crippen LogP contribution in [-0.4, -0.2) is 59.1 Å². The maximum Gasteiger partial charge on any atom is 0.256 e. The number of benzene rings is 1. The number of carbonyl (C=O) groups is 2. The summed E-state index contributed by atoms with van der Waals surface area (Å²) in [5.41, 5.74) is 4.78. The van der Waals surface area contributed by atoms with Gasteiger partial charge in [0.25, 0.3) is 11.8 Å². The van der Waals surface area contributed by atoms with Crippen LogP contribution >= 0.6 is 0 Å². The Bertz CT molecular complexity index is 908. The van der Waals surface area contributed by atoms with Gasteiger partial charge in [-0.25, -0.2) is 4.98 Å². The fourth-order valence-corrected chi connectivity index (χ4v) is 3.64. The number of likely N-dealkylation sites (tertiary alicyclic amines) is 1. The summed E-state index contributed by atoms with van der Waals surface area (Å²) in [7, 11) is 2.06. The third-order valence-electron chi connectivity index (χ3n) is 5.58. The van der Waals surface area contributed by atoms with E-state index >= 15 is 0 Å². The predicted molar refractivity (Wildman–Crippen MR) is 112 cm³/mol. The number of hydrogen-bond acceptors (Lipinski definition) is 6. The lowest BCUT2D eigenvalue weighted by Gasteiger charge is -2.38. The van der Waals surface area contributed by atoms with Gasteiger partial charge in [0.2, 0.25) is 5.88 Å². The summed E-state index contributed by atoms with van der Waals surface area (Å²) in [6.07, 6.45) is 3.25. The highest BCUT2D eigenvalue weighted by atomic mass is 16.5. The molecule has 3 rings (SSSR count). The van der Waals surface area contributed by atoms with Gasteiger partial charge >= 0.3 is 0 Å². The molecule has 1 aromatic carbocycles. The van der Waals surface area contributed by atoms with Crippen molar-refractivity contribution in [3.8, 4) is 11.6 Å². The number of piperidine rings is 1. The smallest absolute Gasteiger partial charge is 0.256 e. The summed E-state index contributed by atoms with van der Waals surface area (Å²) < 4.78 is 5.74. The van der Waals surface area contributed by atoms with Crippen LogP contribution in [-0.2, 0) is 0 Å². The number of para-hydroxylation sites is 1. The van der Waals surface area contributed by atoms with Gasteiger partial charge in [-0.05, 0) is 70.1 Å². The zero-order valence-electron chi connectivity index (χ0n) is 17.3. The van der Waals surface area contributed by atoms with Crippen LogP contribution in [0.25, 0.3) is 0 Å². The van der Waals surface area contributed by atoms with Gasteiger partial charge in [-0.15, -0.1) is 0 Å². The van der Waals surface area contributed by atoms with Crippen molar-refractivity contribution in [2.45, 2.75) is 25.4 Å². The molecule has 0 aliphatic carbocycles. The summed E-state index contributed by atoms with van der Waals surface area (Å²) in [4.78, 5) is 30.8. The van der Waals surface area contributed by atoms with Crippen LogP contribution in [0.1, 0.15) is 40.5 Å². The van der Waals surface area contributed by atoms with E-state index in [0.29, 0.717) is 0 Å². The Morgan fingerprint density at radius 1 is 1.23 bits per heavy atom. The minimum Gasteiger partial charge on any atom is -0.437 e. The number of carbonyl (C=O) groups excluding carboxylic acids is 2. The highest BCUT2D eigenvalue weighted by molar-refractivity contribution is 5.97. The number of aromatic nitrogens is 1. The highest BCUT2D eigenvalue weighted by Crippen LogP contribution is 2.28. The van der Waals surface area contributed by atoms with E-state index in [4.69, 9.17) is 10.5 Å². The Morgan fingerprint density at radius 2 is 1.90 bits per heavy atom. The Kier molecular flexibility index (Phi) is 6.69. The highest BCUT2D eigenvalue weighted by Gasteiger charge is 2.34. The van der Waals surface area contributed by atoms with Crippen LogP contribution in [0.15, 0.2) is 42.6 Å². The van der Waals surface area contributed by atoms with Crippen LogP contribution in [0.5, 0.6) is 11.6 Å². The van der Waals surface area contributed by atoms with E-state index in [1.54, 1.807) is 43.3 Å². The summed E-state index contributed by atoms with van der Waals surface area (Å²) in [5, 5.41) is 13.7. The predicted octanol–water partition coefficient (Wildman–Crippen LogP) is 1.80. The number of amides is 2. The molecule has 1 aromatic heterocycles. The first kappa shape index (κ1) is 21.7. The van der Waals surface area contributed by atoms with E-state index in [0.717, 1.165) is 25.9 Å². The molecule has 1 aliphatic rings. The number of ether oxygens (including phenoxy) is 1. The first-order chi connectivity index (χ1) is 14.3. The Labute approximate surface area is 176 Å². The molecule has 0 spiro atoms. The Balaban J connectivity index is 1.71. The van der Waals surface area contributed by atoms with Gasteiger partial charge in [-0.2, -0.15) is 0 Å². The van der Waals surface area contributed by atoms with Gasteiger partial charge in [-0.3, -0.25) is 9.59 Å². The fraction of sp³-hybridized carbons (Fsp3) is 0.409. The summed E-state index contributed by atoms with van der Waals surface area (Å²) >= 11 is 0. The molecule has 0 saturated carbocycles. The van der Waals surface area contributed by atoms with Gasteiger partial charge in [0.15, 0.2) is 0 Å². The molecule has 4 N–H and O–H groups in total. The molecule has 1 fully saturated rings. The second-order valence-corrected chi connectivity index (χ2v) is 7.94. The van der Waals surface area contributed by atoms with Crippen molar-refractivity contribution in [1.82, 2.24) is 15.2 Å². The normalized spacial score (nSPS) is 17.2. The molecule has 2 aromatic rings. The van der Waals surface area contributed by atoms with E-state index in [2.05, 4.69) is 22.2 Å². The lowest BCUT2D eigenvalue weighted by atomic mass is 9.81. The van der Waals surface area contributed by atoms with Crippen LogP contribution < -0.4 is 15.8 Å². The van der Waals surface area contributed by atoms with Crippen molar-refractivity contribution in [3.63, 3.8) is 0 Å². The average Bonchev–Trinajstić information content (AvgIpc) is 2.73. The van der Waals surface area contributed by atoms with Gasteiger partial charge in [-0.1, -0.05) is 12.1 Å². The molecule has 2 amide bonds. The zero-order valence-corrected chi connectivity index (χ0v) is 17.3. The third kappa shape index (κ3) is 5.14. The summed E-state index contributed by atoms with van der Waals surface area (Å²) in [5.74, 6) is -0.663. The van der Waals surface area contributed by atoms with Crippen molar-refractivity contribution in [3.05, 3.63) is 53.7 Å². The molecule has 160 valence electrons. The number of hydrogen-bond donors (Lipinski definition) is 3. The molecule has 8 heteroatoms. The number of nitrogens with one attached hydrogen (secondary N) is 1. The Morgan fingerprint density at radius 3 is 2.60 bits per heavy atom. The maximum absolute atomic E-state index is 12.8. The Hall–Kier alpha value is -2.97. The molecule has 0 radical (unpaired) electrons. The topological polar surface area (TPSA) is 118 Å². The number of nitrogens with two attached hydrogens (primary N) is 1. The van der Waals surface area contributed by atoms with Crippen LogP contribution in [0, 0.1) is 5.92 Å². The van der Waals surface area contributed by atoms with Gasteiger partial charge in [0, 0.05) is 12.7 Å². The van der Waals surface area contributed by atoms with E-state index in [1.165, 1.54) is 6.20 Å². The first-order valence-electron chi connectivity index (χ1n) is 9.99. The van der Waals surface area contributed by atoms with E-state index < -0.39 is 17.4 Å². The molecule has 1 atom stereocenters. The minimum atomic E-state index is -1.02. The third-order valence-corrected chi connectivity index (χ3v) is 5.58. The number of primary amides is 1. The number of rotatable bonds is 7. The second-order valence-electron chi connectivity index (χ2n) is 7.94. The van der Waals surface area contributed by atoms with Crippen LogP contribution in [0.3, 0.4) is 0 Å². The van der Waals surface area contributed by atoms with Crippen molar-refractivity contribution >= 4 is 11.8 Å². The van der Waals surface area contributed by atoms with Gasteiger partial charge in [0.1, 0.15) is 11.3 Å². The molecule has 1 unspecified atom stereocenters. The molecule has 1 aliphatic heterocycles. The van der Waals surface area contributed by atoms with Gasteiger partial charge < -0.3 is 25.8 Å². The number of pyridine rings is 1. The monoisotopic (exact) mass is 412 g/mol. The van der Waals surface area contributed by atoms with E-state index in [9.17, 15) is 14.7 Å². The van der Waals surface area contributed by atoms with E-state index in [1.807, 2.05) is 0 Å². The molecule has 1 saturated heterocycles. The largest absolute Gasteiger partial charge is 0.437 e. The maximum atomic E-state index is 12.8. The molecular weight excluding hydrogens is 384 g/mol. The lowest BCUT2D eigenvalue weighted by Crippen LogP contribution is -2.49. The fourth-order valence-electron chi connectivity index (χ4n) is 3.64. The second kappa shape index (κ2) is 9.23. The average molecular weight is 412 g/mol. The number of nitrogens with zero attached hydrogens (tertiary/aromatic N) is 2. The SMILES string of the molecule is CN1CCC(C(C)(O)CNC(=O)c2cccnc2Oc2ccccc2C(N)=O)CC1. The van der Waals surface area contributed by atoms with Gasteiger partial charge in [0.05, 0.1) is 11.2 Å². The molecule has 8 nitrogen and oxygen atoms in total. The quantitative estimate of drug-likeness (QED) is 0.638. The molecule has 2 heterocycles. The van der Waals surface area contributed by atoms with Crippen LogP contribution in [0.2, 0.25) is 0 Å². The van der Waals surface area contributed by atoms with Crippen molar-refractivity contribution < 1.29 is 19.4 Å². The van der Waals surface area contributed by atoms with Crippen molar-refractivity contribution in [2.75, 3.05) is 26.7 Å². The summed E-state index contributed by atoms with van der Waals surface area (Å²) in [6.45, 7) is 3.72. The summed E-state index contributed by atoms with van der Waals surface area (Å²) in [6, 6.07) is 9.69. The minimum absolute atomic E-state index is 0.0580. The standard InChI is InChI=1S/C22H28N4O4/c1-22(29,15-9-12-26(2)13-10-15)14-25-20(28)17-7-5-11-24-21(17)30-18-8-4-3-6-16(18)19(23)27/h3-8,11,15,29H,9-10,12-14H2,1-2H3,(H2,23,27)(H,25,28). The molecular formula is C22H28N4O4. The lowest BCUT2D eigenvalue weighted by molar-refractivity contribution is -0.0230. The van der Waals surface area contributed by atoms with Crippen molar-refractivity contribution in [1.29, 1.82) is 0 Å². The molecule has 0 bridgehead atoms. The van der Waals surface area contributed by atoms with Crippen molar-refractivity contribution in [2.24, 2.45) is 11.7 Å². The molecule has 30 heavy (non-hydrogen) atoms. The van der Waals surface area contributed by atoms with Crippen LogP contribution in [0.4, 0.5) is 0 Å².